The number of nitrogen functional groups attached to an aromatic ring is 1. The summed E-state index contributed by atoms with van der Waals surface area (Å²) >= 11 is 0. The predicted octanol–water partition coefficient (Wildman–Crippen LogP) is 1.46. The molecule has 1 aromatic heterocycles. The molecule has 1 saturated heterocycles. The summed E-state index contributed by atoms with van der Waals surface area (Å²) in [5.41, 5.74) is 6.41. The summed E-state index contributed by atoms with van der Waals surface area (Å²) in [7, 11) is 3.26. The molecule has 2 heterocycles. The van der Waals surface area contributed by atoms with Gasteiger partial charge in [0.1, 0.15) is 5.82 Å². The Morgan fingerprint density at radius 1 is 1.60 bits per heavy atom. The van der Waals surface area contributed by atoms with Gasteiger partial charge in [0.15, 0.2) is 0 Å². The molecule has 1 atom stereocenters. The van der Waals surface area contributed by atoms with E-state index in [9.17, 15) is 4.79 Å². The van der Waals surface area contributed by atoms with Gasteiger partial charge in [0, 0.05) is 20.2 Å². The van der Waals surface area contributed by atoms with Gasteiger partial charge in [-0.25, -0.2) is 9.78 Å². The molecule has 2 N–H and O–H groups in total. The monoisotopic (exact) mass is 279 g/mol. The van der Waals surface area contributed by atoms with Crippen molar-refractivity contribution < 1.29 is 14.3 Å². The fourth-order valence-electron chi connectivity index (χ4n) is 2.30. The van der Waals surface area contributed by atoms with Gasteiger partial charge in [-0.2, -0.15) is 0 Å². The minimum Gasteiger partial charge on any atom is -0.465 e. The highest BCUT2D eigenvalue weighted by atomic mass is 16.5. The smallest absolute Gasteiger partial charge is 0.340 e. The maximum Gasteiger partial charge on any atom is 0.340 e. The highest BCUT2D eigenvalue weighted by Gasteiger charge is 2.18. The first-order valence-corrected chi connectivity index (χ1v) is 6.78. The summed E-state index contributed by atoms with van der Waals surface area (Å²) in [6.07, 6.45) is 5.09. The topological polar surface area (TPSA) is 77.7 Å². The Balaban J connectivity index is 2.09. The number of rotatable bonds is 4. The number of ether oxygens (including phenoxy) is 2. The van der Waals surface area contributed by atoms with Gasteiger partial charge in [0.25, 0.3) is 0 Å². The van der Waals surface area contributed by atoms with Crippen LogP contribution >= 0.6 is 0 Å². The molecular formula is C14H21N3O3. The van der Waals surface area contributed by atoms with Crippen molar-refractivity contribution in [2.45, 2.75) is 25.4 Å². The van der Waals surface area contributed by atoms with Crippen molar-refractivity contribution in [3.05, 3.63) is 17.8 Å². The first-order chi connectivity index (χ1) is 9.61. The molecular weight excluding hydrogens is 258 g/mol. The molecule has 0 aliphatic carbocycles. The molecule has 0 radical (unpaired) electrons. The second kappa shape index (κ2) is 6.56. The summed E-state index contributed by atoms with van der Waals surface area (Å²) in [5.74, 6) is 0.238. The second-order valence-electron chi connectivity index (χ2n) is 4.99. The van der Waals surface area contributed by atoms with Gasteiger partial charge < -0.3 is 20.1 Å². The number of aromatic nitrogens is 1. The van der Waals surface area contributed by atoms with Crippen LogP contribution in [0.15, 0.2) is 12.3 Å². The highest BCUT2D eigenvalue weighted by molar-refractivity contribution is 5.95. The van der Waals surface area contributed by atoms with Gasteiger partial charge in [-0.15, -0.1) is 0 Å². The minimum atomic E-state index is -0.450. The Hall–Kier alpha value is -1.82. The zero-order valence-electron chi connectivity index (χ0n) is 12.0. The normalized spacial score (nSPS) is 18.6. The average molecular weight is 279 g/mol. The number of hydrogen-bond donors (Lipinski definition) is 1. The molecule has 6 nitrogen and oxygen atoms in total. The molecule has 1 aliphatic rings. The number of hydrogen-bond acceptors (Lipinski definition) is 6. The number of esters is 1. The van der Waals surface area contributed by atoms with E-state index >= 15 is 0 Å². The standard InChI is InChI=1S/C14H21N3O3/c1-17(9-10-5-3-4-6-20-10)13-7-11(14(18)19-2)12(15)8-16-13/h7-8,10H,3-6,9,15H2,1-2H3. The van der Waals surface area contributed by atoms with E-state index in [-0.39, 0.29) is 6.10 Å². The lowest BCUT2D eigenvalue weighted by atomic mass is 10.1. The molecule has 0 aromatic carbocycles. The lowest BCUT2D eigenvalue weighted by molar-refractivity contribution is 0.0215. The number of carbonyl (C=O) groups excluding carboxylic acids is 1. The number of nitrogens with zero attached hydrogens (tertiary/aromatic N) is 2. The molecule has 0 spiro atoms. The number of likely N-dealkylation sites (N-methyl/N-ethyl adjacent to an activating group) is 1. The fraction of sp³-hybridized carbons (Fsp3) is 0.571. The fourth-order valence-corrected chi connectivity index (χ4v) is 2.30. The van der Waals surface area contributed by atoms with Gasteiger partial charge in [0.05, 0.1) is 30.7 Å². The van der Waals surface area contributed by atoms with Crippen LogP contribution in [0.3, 0.4) is 0 Å². The van der Waals surface area contributed by atoms with Crippen LogP contribution in [0.25, 0.3) is 0 Å². The van der Waals surface area contributed by atoms with Crippen molar-refractivity contribution in [3.63, 3.8) is 0 Å². The van der Waals surface area contributed by atoms with Crippen molar-refractivity contribution in [1.82, 2.24) is 4.98 Å². The van der Waals surface area contributed by atoms with Gasteiger partial charge in [-0.05, 0) is 25.3 Å². The van der Waals surface area contributed by atoms with Crippen LogP contribution in [0.2, 0.25) is 0 Å². The third kappa shape index (κ3) is 3.39. The van der Waals surface area contributed by atoms with E-state index in [4.69, 9.17) is 15.2 Å². The van der Waals surface area contributed by atoms with E-state index < -0.39 is 5.97 Å². The van der Waals surface area contributed by atoms with Gasteiger partial charge in [-0.3, -0.25) is 0 Å². The van der Waals surface area contributed by atoms with Crippen LogP contribution in [0.1, 0.15) is 29.6 Å². The second-order valence-corrected chi connectivity index (χ2v) is 4.99. The van der Waals surface area contributed by atoms with Crippen LogP contribution in [0.5, 0.6) is 0 Å². The number of nitrogens with two attached hydrogens (primary N) is 1. The highest BCUT2D eigenvalue weighted by Crippen LogP contribution is 2.20. The molecule has 1 fully saturated rings. The van der Waals surface area contributed by atoms with E-state index in [1.165, 1.54) is 19.7 Å². The lowest BCUT2D eigenvalue weighted by Gasteiger charge is -2.28. The summed E-state index contributed by atoms with van der Waals surface area (Å²) in [6, 6.07) is 1.66. The SMILES string of the molecule is COC(=O)c1cc(N(C)CC2CCCCO2)ncc1N. The Kier molecular flexibility index (Phi) is 4.79. The molecule has 1 aliphatic heterocycles. The Morgan fingerprint density at radius 2 is 2.40 bits per heavy atom. The van der Waals surface area contributed by atoms with Crippen molar-refractivity contribution in [1.29, 1.82) is 0 Å². The van der Waals surface area contributed by atoms with E-state index in [0.29, 0.717) is 17.1 Å². The Morgan fingerprint density at radius 3 is 3.05 bits per heavy atom. The summed E-state index contributed by atoms with van der Waals surface area (Å²) in [4.78, 5) is 17.9. The molecule has 2 rings (SSSR count). The van der Waals surface area contributed by atoms with Crippen molar-refractivity contribution in [2.75, 3.05) is 37.9 Å². The molecule has 110 valence electrons. The molecule has 20 heavy (non-hydrogen) atoms. The number of pyridine rings is 1. The largest absolute Gasteiger partial charge is 0.465 e. The van der Waals surface area contributed by atoms with Crippen molar-refractivity contribution in [3.8, 4) is 0 Å². The Labute approximate surface area is 118 Å². The third-order valence-corrected chi connectivity index (χ3v) is 3.47. The molecule has 1 unspecified atom stereocenters. The van der Waals surface area contributed by atoms with Crippen molar-refractivity contribution in [2.24, 2.45) is 0 Å². The van der Waals surface area contributed by atoms with Crippen LogP contribution in [-0.2, 0) is 9.47 Å². The number of methoxy groups -OCH3 is 1. The van der Waals surface area contributed by atoms with Gasteiger partial charge in [-0.1, -0.05) is 0 Å². The van der Waals surface area contributed by atoms with Crippen molar-refractivity contribution >= 4 is 17.5 Å². The lowest BCUT2D eigenvalue weighted by Crippen LogP contribution is -2.33. The number of anilines is 2. The first-order valence-electron chi connectivity index (χ1n) is 6.78. The molecule has 1 aromatic rings. The minimum absolute atomic E-state index is 0.217. The maximum absolute atomic E-state index is 11.6. The molecule has 0 amide bonds. The first kappa shape index (κ1) is 14.6. The van der Waals surface area contributed by atoms with E-state index in [1.54, 1.807) is 6.07 Å². The van der Waals surface area contributed by atoms with Crippen LogP contribution in [0, 0.1) is 0 Å². The summed E-state index contributed by atoms with van der Waals surface area (Å²) in [5, 5.41) is 0. The maximum atomic E-state index is 11.6. The van der Waals surface area contributed by atoms with Gasteiger partial charge in [0.2, 0.25) is 0 Å². The predicted molar refractivity (Wildman–Crippen MR) is 76.8 cm³/mol. The van der Waals surface area contributed by atoms with E-state index in [2.05, 4.69) is 4.98 Å². The molecule has 0 bridgehead atoms. The van der Waals surface area contributed by atoms with E-state index in [1.807, 2.05) is 11.9 Å². The van der Waals surface area contributed by atoms with Crippen LogP contribution in [-0.4, -0.2) is 44.4 Å². The zero-order chi connectivity index (χ0) is 14.5. The van der Waals surface area contributed by atoms with Crippen LogP contribution in [0.4, 0.5) is 11.5 Å². The molecule has 0 saturated carbocycles. The quantitative estimate of drug-likeness (QED) is 0.841. The summed E-state index contributed by atoms with van der Waals surface area (Å²) < 4.78 is 10.4. The van der Waals surface area contributed by atoms with Gasteiger partial charge >= 0.3 is 5.97 Å². The summed E-state index contributed by atoms with van der Waals surface area (Å²) in [6.45, 7) is 1.57. The van der Waals surface area contributed by atoms with E-state index in [0.717, 1.165) is 26.0 Å². The molecule has 6 heteroatoms. The average Bonchev–Trinajstić information content (AvgIpc) is 2.48. The Bertz CT molecular complexity index is 473. The van der Waals surface area contributed by atoms with Crippen LogP contribution < -0.4 is 10.6 Å². The zero-order valence-corrected chi connectivity index (χ0v) is 12.0. The third-order valence-electron chi connectivity index (χ3n) is 3.47. The number of carbonyl (C=O) groups is 1.